The Kier molecular flexibility index (Phi) is 44.0. The van der Waals surface area contributed by atoms with Gasteiger partial charge in [-0.1, -0.05) is 6.42 Å². The average molecular weight is 2140 g/mol. The predicted molar refractivity (Wildman–Crippen MR) is 542 cm³/mol. The second kappa shape index (κ2) is 42.6. The minimum Gasteiger partial charge on any atom is -0.457 e. The van der Waals surface area contributed by atoms with Crippen LogP contribution in [0.2, 0.25) is 366 Å². The standard InChI is InChI=1S/C62H176O29Si27/c1-57-62(65-63)64-60-58-59-61-93(5,6)67-95(9,10)69-97(13,14)71-99(17,18)73-101(21,22)75-103(25,26)77-105(29,30)79-107(33,34)81-109(37,38)83-111(41,42)85-113(45,46)87-115(49,50)89-117(53,54)91-118(55,56)90-116(51,52)88-114(47,48)86-112(43,44)84-110(39,40)82-108(35,36)80-106(31,32)78-104(27,28)76-102(23,24)74-100(19,20)72-98(15,16)70-96(11,12)68-94(7,8)66-92(2,3)4/h63H,1,58-61H2,2-56H3. The minimum atomic E-state index is -2.93. The Bertz CT molecular complexity index is 3160. The van der Waals surface area contributed by atoms with Crippen molar-refractivity contribution in [1.82, 2.24) is 0 Å². The Labute approximate surface area is 749 Å². The minimum absolute atomic E-state index is 0.132. The van der Waals surface area contributed by atoms with Gasteiger partial charge in [-0.2, -0.15) is 5.26 Å². The van der Waals surface area contributed by atoms with E-state index in [2.05, 4.69) is 259 Å². The Hall–Kier alpha value is 3.90. The van der Waals surface area contributed by atoms with Gasteiger partial charge < -0.3 is 112 Å². The normalized spacial score (nSPS) is 15.8. The number of rotatable bonds is 59. The zero-order chi connectivity index (χ0) is 94.4. The first-order valence-corrected chi connectivity index (χ1v) is 118. The lowest BCUT2D eigenvalue weighted by Gasteiger charge is -2.45. The highest BCUT2D eigenvalue weighted by atomic mass is 28.6. The summed E-state index contributed by atoms with van der Waals surface area (Å²) in [5.74, 6) is -0.132. The first-order valence-electron chi connectivity index (χ1n) is 41.5. The second-order valence-corrected chi connectivity index (χ2v) is 143. The van der Waals surface area contributed by atoms with Crippen molar-refractivity contribution in [3.8, 4) is 0 Å². The third kappa shape index (κ3) is 56.7. The van der Waals surface area contributed by atoms with E-state index in [9.17, 15) is 0 Å². The van der Waals surface area contributed by atoms with Crippen molar-refractivity contribution in [2.45, 2.75) is 379 Å². The van der Waals surface area contributed by atoms with Crippen LogP contribution in [0, 0.1) is 0 Å². The summed E-state index contributed by atoms with van der Waals surface area (Å²) in [5, 5.41) is 8.85. The van der Waals surface area contributed by atoms with Gasteiger partial charge in [-0.05, 0) is 385 Å². The number of ether oxygens (including phenoxy) is 1. The Balaban J connectivity index is 5.91. The fraction of sp³-hybridized carbons (Fsp3) is 0.952. The van der Waals surface area contributed by atoms with Crippen molar-refractivity contribution in [3.63, 3.8) is 0 Å². The molecular weight excluding hydrogens is 1970 g/mol. The fourth-order valence-corrected chi connectivity index (χ4v) is 157. The van der Waals surface area contributed by atoms with E-state index in [1.807, 2.05) is 118 Å². The van der Waals surface area contributed by atoms with E-state index in [0.29, 0.717) is 6.61 Å². The summed E-state index contributed by atoms with van der Waals surface area (Å²) in [6, 6.07) is 0.911. The van der Waals surface area contributed by atoms with Crippen molar-refractivity contribution in [2.24, 2.45) is 0 Å². The molecule has 0 unspecified atom stereocenters. The van der Waals surface area contributed by atoms with Crippen molar-refractivity contribution in [1.29, 1.82) is 0 Å². The molecule has 0 bridgehead atoms. The molecule has 0 aromatic heterocycles. The van der Waals surface area contributed by atoms with Crippen LogP contribution < -0.4 is 0 Å². The summed E-state index contributed by atoms with van der Waals surface area (Å²) in [5.41, 5.74) is 2.41. The quantitative estimate of drug-likeness (QED) is 0.0148. The highest BCUT2D eigenvalue weighted by Crippen LogP contribution is 2.38. The third-order valence-corrected chi connectivity index (χ3v) is 119. The fourth-order valence-electron chi connectivity index (χ4n) is 17.1. The van der Waals surface area contributed by atoms with Gasteiger partial charge in [0.1, 0.15) is 0 Å². The highest BCUT2D eigenvalue weighted by Gasteiger charge is 2.57. The molecule has 0 aromatic rings. The summed E-state index contributed by atoms with van der Waals surface area (Å²) < 4.78 is 186. The number of hydrogen-bond acceptors (Lipinski definition) is 29. The zero-order valence-corrected chi connectivity index (χ0v) is 112. The molecule has 0 aliphatic rings. The van der Waals surface area contributed by atoms with Crippen LogP contribution in [-0.4, -0.2) is 243 Å². The van der Waals surface area contributed by atoms with Crippen molar-refractivity contribution in [3.05, 3.63) is 18.3 Å². The van der Waals surface area contributed by atoms with E-state index >= 15 is 0 Å². The van der Waals surface area contributed by atoms with E-state index in [1.54, 1.807) is 0 Å². The third-order valence-electron chi connectivity index (χ3n) is 14.5. The van der Waals surface area contributed by atoms with Gasteiger partial charge in [0.05, 0.1) is 6.61 Å². The van der Waals surface area contributed by atoms with Crippen LogP contribution >= 0.6 is 0 Å². The predicted octanol–water partition coefficient (Wildman–Crippen LogP) is 21.9. The Morgan fingerprint density at radius 3 is 0.415 bits per heavy atom. The van der Waals surface area contributed by atoms with Crippen molar-refractivity contribution < 1.29 is 122 Å². The smallest absolute Gasteiger partial charge is 0.361 e. The molecule has 706 valence electrons. The summed E-state index contributed by atoms with van der Waals surface area (Å²) in [4.78, 5) is 4.12. The molecule has 0 aliphatic heterocycles. The molecule has 0 fully saturated rings. The first kappa shape index (κ1) is 122. The van der Waals surface area contributed by atoms with Gasteiger partial charge in [-0.3, -0.25) is 4.89 Å². The maximum atomic E-state index is 8.85. The van der Waals surface area contributed by atoms with Gasteiger partial charge in [0, 0.05) is 0 Å². The molecule has 0 amide bonds. The molecule has 118 heavy (non-hydrogen) atoms. The lowest BCUT2D eigenvalue weighted by Crippen LogP contribution is -2.63. The van der Waals surface area contributed by atoms with Gasteiger partial charge >= 0.3 is 220 Å². The van der Waals surface area contributed by atoms with Crippen LogP contribution in [0.3, 0.4) is 0 Å². The molecule has 0 radical (unpaired) electrons. The summed E-state index contributed by atoms with van der Waals surface area (Å²) in [6.07, 6.45) is 1.65. The largest absolute Gasteiger partial charge is 0.457 e. The average Bonchev–Trinajstić information content (AvgIpc) is 0.801. The van der Waals surface area contributed by atoms with E-state index < -0.39 is 231 Å². The summed E-state index contributed by atoms with van der Waals surface area (Å²) >= 11 is 0. The van der Waals surface area contributed by atoms with Gasteiger partial charge in [0.15, 0.2) is 16.6 Å². The van der Waals surface area contributed by atoms with E-state index in [0.717, 1.165) is 18.9 Å². The number of unbranched alkanes of at least 4 members (excludes halogenated alkanes) is 1. The second-order valence-electron chi connectivity index (χ2n) is 43.4. The van der Waals surface area contributed by atoms with Gasteiger partial charge in [-0.15, -0.1) is 0 Å². The summed E-state index contributed by atoms with van der Waals surface area (Å²) in [6.45, 7) is 118. The monoisotopic (exact) mass is 2140 g/mol. The molecule has 0 aromatic carbocycles. The maximum Gasteiger partial charge on any atom is 0.361 e. The van der Waals surface area contributed by atoms with E-state index in [1.165, 1.54) is 0 Å². The van der Waals surface area contributed by atoms with Gasteiger partial charge in [-0.25, -0.2) is 0 Å². The molecule has 0 spiro atoms. The molecule has 29 nitrogen and oxygen atoms in total. The molecule has 0 aliphatic carbocycles. The molecule has 1 N–H and O–H groups in total. The molecular formula is C62H176O29Si27. The molecule has 0 heterocycles. The highest BCUT2D eigenvalue weighted by molar-refractivity contribution is 6.98. The van der Waals surface area contributed by atoms with Crippen molar-refractivity contribution in [2.75, 3.05) is 6.61 Å². The molecule has 0 atom stereocenters. The van der Waals surface area contributed by atoms with Crippen LogP contribution in [-0.2, 0) is 117 Å². The molecule has 0 saturated heterocycles. The topological polar surface area (TPSA) is 279 Å². The van der Waals surface area contributed by atoms with E-state index in [-0.39, 0.29) is 5.95 Å². The van der Waals surface area contributed by atoms with Crippen molar-refractivity contribution >= 4 is 231 Å². The van der Waals surface area contributed by atoms with Crippen LogP contribution in [0.4, 0.5) is 0 Å². The summed E-state index contributed by atoms with van der Waals surface area (Å²) in [7, 11) is -75.1. The Morgan fingerprint density at radius 1 is 0.186 bits per heavy atom. The number of hydrogen-bond donors (Lipinski definition) is 1. The van der Waals surface area contributed by atoms with Crippen LogP contribution in [0.25, 0.3) is 0 Å². The lowest BCUT2D eigenvalue weighted by molar-refractivity contribution is -0.243. The van der Waals surface area contributed by atoms with Crippen LogP contribution in [0.5, 0.6) is 0 Å². The SMILES string of the molecule is C=C=C(OO)OCCCC[Si](C)(C)O[Si](C)(C)O[Si](C)(C)O[Si](C)(C)O[Si](C)(C)O[Si](C)(C)O[Si](C)(C)O[Si](C)(C)O[Si](C)(C)O[Si](C)(C)O[Si](C)(C)O[Si](C)(C)O[Si](C)(C)O[Si](C)(C)O[Si](C)(C)O[Si](C)(C)O[Si](C)(C)O[Si](C)(C)O[Si](C)(C)O[Si](C)(C)O[Si](C)(C)O[Si](C)(C)O[Si](C)(C)O[Si](C)(C)O[Si](C)(C)O[Si](C)(C)O[Si](C)(C)C. The first-order chi connectivity index (χ1) is 50.9. The molecule has 56 heteroatoms. The van der Waals surface area contributed by atoms with Gasteiger partial charge in [0.25, 0.3) is 0 Å². The van der Waals surface area contributed by atoms with E-state index in [4.69, 9.17) is 117 Å². The van der Waals surface area contributed by atoms with Gasteiger partial charge in [0.2, 0.25) is 0 Å². The molecule has 0 saturated carbocycles. The van der Waals surface area contributed by atoms with Crippen LogP contribution in [0.1, 0.15) is 12.8 Å². The maximum absolute atomic E-state index is 8.85. The Morgan fingerprint density at radius 2 is 0.305 bits per heavy atom. The lowest BCUT2D eigenvalue weighted by atomic mass is 10.4. The van der Waals surface area contributed by atoms with Crippen LogP contribution in [0.15, 0.2) is 18.3 Å². The zero-order valence-electron chi connectivity index (χ0n) is 84.9. The molecule has 0 rings (SSSR count).